The molecule has 0 amide bonds. The van der Waals surface area contributed by atoms with Crippen molar-refractivity contribution in [3.8, 4) is 0 Å². The minimum atomic E-state index is -0.250. The normalized spacial score (nSPS) is 7.50. The molecule has 0 rings (SSSR count). The van der Waals surface area contributed by atoms with Crippen molar-refractivity contribution in [2.24, 2.45) is 5.84 Å². The first-order chi connectivity index (χ1) is 3.68. The molecule has 0 radical (unpaired) electrons. The minimum absolute atomic E-state index is 0.250. The van der Waals surface area contributed by atoms with Crippen LogP contribution in [-0.4, -0.2) is 15.4 Å². The fourth-order valence-electron chi connectivity index (χ4n) is 0. The molecule has 0 aromatic rings. The average molecular weight is 157 g/mol. The van der Waals surface area contributed by atoms with Gasteiger partial charge in [-0.1, -0.05) is 25.6 Å². The van der Waals surface area contributed by atoms with E-state index in [-0.39, 0.29) is 6.47 Å². The Balaban J connectivity index is 0. The predicted molar refractivity (Wildman–Crippen MR) is 35.8 cm³/mol. The van der Waals surface area contributed by atoms with Crippen LogP contribution in [-0.2, 0) is 4.79 Å². The molecule has 0 aliphatic heterocycles. The Bertz CT molecular complexity index is 50.5. The molecule has 0 atom stereocenters. The molecular formula is CH7N3O2S2. The van der Waals surface area contributed by atoms with Crippen LogP contribution in [0.1, 0.15) is 0 Å². The van der Waals surface area contributed by atoms with E-state index in [1.165, 1.54) is 0 Å². The first kappa shape index (κ1) is 10.9. The summed E-state index contributed by atoms with van der Waals surface area (Å²) >= 11 is 7.12. The van der Waals surface area contributed by atoms with Crippen molar-refractivity contribution >= 4 is 32.1 Å². The lowest BCUT2D eigenvalue weighted by atomic mass is 11.7. The molecule has 0 bridgehead atoms. The highest BCUT2D eigenvalue weighted by Crippen LogP contribution is 1.83. The molecule has 0 heterocycles. The maximum Gasteiger partial charge on any atom is 0.290 e. The van der Waals surface area contributed by atoms with Crippen molar-refractivity contribution in [1.29, 1.82) is 0 Å². The Morgan fingerprint density at radius 1 is 1.75 bits per heavy atom. The number of nitrogens with zero attached hydrogens (tertiary/aromatic N) is 1. The number of nitrogens with two attached hydrogens (primary N) is 1. The van der Waals surface area contributed by atoms with Crippen LogP contribution in [0.3, 0.4) is 0 Å². The zero-order chi connectivity index (χ0) is 6.99. The van der Waals surface area contributed by atoms with Crippen molar-refractivity contribution in [2.45, 2.75) is 0 Å². The average Bonchev–Trinajstić information content (AvgIpc) is 1.69. The van der Waals surface area contributed by atoms with E-state index < -0.39 is 0 Å². The lowest BCUT2D eigenvalue weighted by Crippen LogP contribution is -2.28. The first-order valence-electron chi connectivity index (χ1n) is 1.41. The van der Waals surface area contributed by atoms with Gasteiger partial charge in [0.25, 0.3) is 6.47 Å². The molecule has 0 fully saturated rings. The first-order valence-corrected chi connectivity index (χ1v) is 2.21. The maximum absolute atomic E-state index is 8.36. The molecule has 5 nitrogen and oxygen atoms in total. The number of hydrogen-bond acceptors (Lipinski definition) is 6. The third-order valence-electron chi connectivity index (χ3n) is 0.115. The molecule has 0 aromatic heterocycles. The second-order valence-electron chi connectivity index (χ2n) is 0.524. The predicted octanol–water partition coefficient (Wildman–Crippen LogP) is -0.943. The number of carbonyl (C=O) groups is 1. The van der Waals surface area contributed by atoms with Crippen molar-refractivity contribution in [3.05, 3.63) is 0 Å². The quantitative estimate of drug-likeness (QED) is 0.147. The molecule has 0 aliphatic carbocycles. The summed E-state index contributed by atoms with van der Waals surface area (Å²) in [5, 5.41) is 6.89. The number of thiol groups is 2. The number of rotatable bonds is 1. The van der Waals surface area contributed by atoms with Gasteiger partial charge in [-0.2, -0.15) is 5.53 Å². The van der Waals surface area contributed by atoms with Crippen LogP contribution in [0.5, 0.6) is 0 Å². The highest BCUT2D eigenvalue weighted by molar-refractivity contribution is 7.93. The van der Waals surface area contributed by atoms with Crippen molar-refractivity contribution in [1.82, 2.24) is 9.35 Å². The van der Waals surface area contributed by atoms with Crippen molar-refractivity contribution in [3.63, 3.8) is 0 Å². The topological polar surface area (TPSA) is 78.6 Å². The molecule has 4 N–H and O–H groups in total. The van der Waals surface area contributed by atoms with E-state index in [1.54, 1.807) is 0 Å². The largest absolute Gasteiger partial charge is 0.483 e. The summed E-state index contributed by atoms with van der Waals surface area (Å²) in [6, 6.07) is 0. The lowest BCUT2D eigenvalue weighted by Gasteiger charge is -1.98. The van der Waals surface area contributed by atoms with Crippen LogP contribution in [0.15, 0.2) is 0 Å². The lowest BCUT2D eigenvalue weighted by molar-refractivity contribution is -0.122. The molecule has 0 unspecified atom stereocenters. The van der Waals surface area contributed by atoms with E-state index in [2.05, 4.69) is 31.2 Å². The molecule has 0 aromatic carbocycles. The fourth-order valence-corrected chi connectivity index (χ4v) is 0. The van der Waals surface area contributed by atoms with E-state index in [0.29, 0.717) is 0 Å². The Hall–Kier alpha value is 0.0500. The van der Waals surface area contributed by atoms with Gasteiger partial charge in [0, 0.05) is 0 Å². The van der Waals surface area contributed by atoms with Gasteiger partial charge in [0.15, 0.2) is 0 Å². The maximum atomic E-state index is 8.36. The molecule has 0 spiro atoms. The van der Waals surface area contributed by atoms with Gasteiger partial charge in [0.05, 0.1) is 0 Å². The molecule has 0 saturated carbocycles. The Morgan fingerprint density at radius 3 is 1.88 bits per heavy atom. The van der Waals surface area contributed by atoms with Gasteiger partial charge in [-0.05, 0) is 0 Å². The fraction of sp³-hybridized carbons (Fsp3) is 0. The van der Waals surface area contributed by atoms with Crippen LogP contribution in [0.4, 0.5) is 0 Å². The van der Waals surface area contributed by atoms with E-state index in [0.717, 1.165) is 3.82 Å². The summed E-state index contributed by atoms with van der Waals surface area (Å²) in [6.07, 6.45) is 0. The second-order valence-corrected chi connectivity index (χ2v) is 1.64. The Kier molecular flexibility index (Phi) is 13.8. The summed E-state index contributed by atoms with van der Waals surface area (Å²) in [4.78, 5) is 8.36. The minimum Gasteiger partial charge on any atom is -0.483 e. The summed E-state index contributed by atoms with van der Waals surface area (Å²) in [5.74, 6) is 4.69. The third kappa shape index (κ3) is 36.7. The molecule has 8 heavy (non-hydrogen) atoms. The van der Waals surface area contributed by atoms with Gasteiger partial charge < -0.3 is 5.11 Å². The summed E-state index contributed by atoms with van der Waals surface area (Å²) in [6.45, 7) is -0.250. The van der Waals surface area contributed by atoms with Crippen LogP contribution in [0.25, 0.3) is 0 Å². The van der Waals surface area contributed by atoms with Crippen LogP contribution in [0.2, 0.25) is 0 Å². The van der Waals surface area contributed by atoms with Gasteiger partial charge in [0.2, 0.25) is 0 Å². The van der Waals surface area contributed by atoms with Crippen LogP contribution >= 0.6 is 25.6 Å². The molecule has 50 valence electrons. The monoisotopic (exact) mass is 157 g/mol. The van der Waals surface area contributed by atoms with Gasteiger partial charge in [-0.3, -0.25) is 10.6 Å². The van der Waals surface area contributed by atoms with Crippen molar-refractivity contribution in [2.75, 3.05) is 0 Å². The van der Waals surface area contributed by atoms with E-state index in [9.17, 15) is 0 Å². The van der Waals surface area contributed by atoms with E-state index in [4.69, 9.17) is 15.7 Å². The van der Waals surface area contributed by atoms with E-state index in [1.807, 2.05) is 0 Å². The van der Waals surface area contributed by atoms with Crippen LogP contribution in [0, 0.1) is 0 Å². The molecular weight excluding hydrogens is 150 g/mol. The number of carboxylic acid groups (broad SMARTS) is 1. The molecule has 0 aliphatic rings. The Morgan fingerprint density at radius 2 is 1.88 bits per heavy atom. The smallest absolute Gasteiger partial charge is 0.290 e. The number of nitrogens with one attached hydrogen (secondary N) is 1. The highest BCUT2D eigenvalue weighted by atomic mass is 32.2. The third-order valence-corrected chi connectivity index (χ3v) is 0.346. The van der Waals surface area contributed by atoms with Crippen molar-refractivity contribution < 1.29 is 9.90 Å². The highest BCUT2D eigenvalue weighted by Gasteiger charge is 1.72. The zero-order valence-corrected chi connectivity index (χ0v) is 5.64. The van der Waals surface area contributed by atoms with Gasteiger partial charge in [-0.15, -0.1) is 3.82 Å². The molecule has 7 heteroatoms. The standard InChI is InChI=1S/CH2O2.H5N3S2/c2-1-3;1-2-3(4)5/h1H,(H,2,3);2,4-5H,1H2. The summed E-state index contributed by atoms with van der Waals surface area (Å²) in [5.41, 5.74) is 2.09. The summed E-state index contributed by atoms with van der Waals surface area (Å²) in [7, 11) is 0. The Labute approximate surface area is 57.9 Å². The zero-order valence-electron chi connectivity index (χ0n) is 3.85. The van der Waals surface area contributed by atoms with Crippen LogP contribution < -0.4 is 11.4 Å². The SMILES string of the molecule is NNN(S)S.O=CO. The number of hydrogen-bond donors (Lipinski definition) is 5. The van der Waals surface area contributed by atoms with E-state index >= 15 is 0 Å². The van der Waals surface area contributed by atoms with Gasteiger partial charge in [-0.25, -0.2) is 0 Å². The molecule has 0 saturated heterocycles. The second kappa shape index (κ2) is 10.1. The van der Waals surface area contributed by atoms with Gasteiger partial charge >= 0.3 is 0 Å². The van der Waals surface area contributed by atoms with Gasteiger partial charge in [0.1, 0.15) is 0 Å². The number of hydrazine groups is 2. The summed E-state index contributed by atoms with van der Waals surface area (Å²) < 4.78 is 1.04.